The number of carbonyl (C=O) groups is 2. The van der Waals surface area contributed by atoms with Crippen molar-refractivity contribution in [3.8, 4) is 0 Å². The molecule has 2 heterocycles. The van der Waals surface area contributed by atoms with Crippen molar-refractivity contribution in [3.63, 3.8) is 0 Å². The van der Waals surface area contributed by atoms with Crippen LogP contribution in [-0.2, 0) is 9.59 Å². The maximum atomic E-state index is 11.2. The van der Waals surface area contributed by atoms with Crippen molar-refractivity contribution in [2.24, 2.45) is 0 Å². The van der Waals surface area contributed by atoms with Crippen LogP contribution in [0.25, 0.3) is 0 Å². The Morgan fingerprint density at radius 2 is 1.92 bits per heavy atom. The van der Waals surface area contributed by atoms with E-state index in [1.54, 1.807) is 6.20 Å². The number of hydrogen-bond acceptors (Lipinski definition) is 4. The second-order valence-electron chi connectivity index (χ2n) is 2.29. The smallest absolute Gasteiger partial charge is 0.260 e. The van der Waals surface area contributed by atoms with Gasteiger partial charge in [-0.2, -0.15) is 0 Å². The van der Waals surface area contributed by atoms with Gasteiger partial charge in [-0.3, -0.25) is 9.59 Å². The lowest BCUT2D eigenvalue weighted by molar-refractivity contribution is -0.119. The van der Waals surface area contributed by atoms with E-state index in [1.165, 1.54) is 23.5 Å². The highest BCUT2D eigenvalue weighted by atomic mass is 79.9. The Labute approximate surface area is 86.0 Å². The van der Waals surface area contributed by atoms with Crippen molar-refractivity contribution in [2.45, 2.75) is 0 Å². The molecule has 0 spiro atoms. The lowest BCUT2D eigenvalue weighted by atomic mass is 10.6. The molecule has 4 nitrogen and oxygen atoms in total. The predicted octanol–water partition coefficient (Wildman–Crippen LogP) is 1.33. The van der Waals surface area contributed by atoms with Gasteiger partial charge in [-0.15, -0.1) is 0 Å². The second kappa shape index (κ2) is 3.04. The third-order valence-electron chi connectivity index (χ3n) is 1.47. The van der Waals surface area contributed by atoms with Crippen LogP contribution in [0.2, 0.25) is 0 Å². The zero-order chi connectivity index (χ0) is 9.42. The number of halogens is 1. The molecule has 0 saturated carbocycles. The van der Waals surface area contributed by atoms with Crippen LogP contribution >= 0.6 is 27.3 Å². The molecule has 0 saturated heterocycles. The fourth-order valence-electron chi connectivity index (χ4n) is 0.938. The molecule has 2 rings (SSSR count). The number of carbonyl (C=O) groups excluding carboxylic acids is 2. The summed E-state index contributed by atoms with van der Waals surface area (Å²) in [5.41, 5.74) is 0. The van der Waals surface area contributed by atoms with E-state index < -0.39 is 0 Å². The first-order chi connectivity index (χ1) is 6.18. The molecule has 0 aliphatic carbocycles. The van der Waals surface area contributed by atoms with Gasteiger partial charge in [0.25, 0.3) is 11.8 Å². The van der Waals surface area contributed by atoms with Gasteiger partial charge in [0.2, 0.25) is 5.13 Å². The zero-order valence-electron chi connectivity index (χ0n) is 6.23. The number of nitrogens with zero attached hydrogens (tertiary/aromatic N) is 2. The Kier molecular flexibility index (Phi) is 2.01. The van der Waals surface area contributed by atoms with Crippen LogP contribution in [0.4, 0.5) is 5.13 Å². The van der Waals surface area contributed by atoms with Crippen LogP contribution in [0.15, 0.2) is 22.1 Å². The number of aromatic nitrogens is 1. The van der Waals surface area contributed by atoms with Crippen molar-refractivity contribution in [1.29, 1.82) is 0 Å². The Balaban J connectivity index is 2.37. The molecule has 0 N–H and O–H groups in total. The highest BCUT2D eigenvalue weighted by molar-refractivity contribution is 9.11. The standard InChI is InChI=1S/C7H3BrN2O2S/c8-4-3-9-7(13-4)10-5(11)1-2-6(10)12/h1-3H. The lowest BCUT2D eigenvalue weighted by Crippen LogP contribution is -2.29. The summed E-state index contributed by atoms with van der Waals surface area (Å²) < 4.78 is 0.787. The molecular weight excluding hydrogens is 256 g/mol. The van der Waals surface area contributed by atoms with Gasteiger partial charge in [0, 0.05) is 12.2 Å². The largest absolute Gasteiger partial charge is 0.269 e. The molecule has 6 heteroatoms. The monoisotopic (exact) mass is 258 g/mol. The number of thiazole rings is 1. The Bertz CT molecular complexity index is 394. The number of hydrogen-bond donors (Lipinski definition) is 0. The normalized spacial score (nSPS) is 15.9. The Morgan fingerprint density at radius 1 is 1.31 bits per heavy atom. The second-order valence-corrected chi connectivity index (χ2v) is 4.68. The molecule has 0 aromatic carbocycles. The third-order valence-corrected chi connectivity index (χ3v) is 2.93. The predicted molar refractivity (Wildman–Crippen MR) is 51.4 cm³/mol. The van der Waals surface area contributed by atoms with Gasteiger partial charge < -0.3 is 0 Å². The molecule has 2 amide bonds. The number of anilines is 1. The first-order valence-corrected chi connectivity index (χ1v) is 4.97. The minimum absolute atomic E-state index is 0.341. The molecule has 0 fully saturated rings. The molecule has 1 aromatic heterocycles. The van der Waals surface area contributed by atoms with Crippen LogP contribution in [0.1, 0.15) is 0 Å². The average molecular weight is 259 g/mol. The summed E-state index contributed by atoms with van der Waals surface area (Å²) in [4.78, 5) is 27.3. The minimum atomic E-state index is -0.341. The van der Waals surface area contributed by atoms with Crippen LogP contribution < -0.4 is 4.90 Å². The summed E-state index contributed by atoms with van der Waals surface area (Å²) in [6.45, 7) is 0. The van der Waals surface area contributed by atoms with Crippen LogP contribution in [0.3, 0.4) is 0 Å². The summed E-state index contributed by atoms with van der Waals surface area (Å²) in [6.07, 6.45) is 4.02. The summed E-state index contributed by atoms with van der Waals surface area (Å²) in [5, 5.41) is 0.395. The van der Waals surface area contributed by atoms with E-state index >= 15 is 0 Å². The average Bonchev–Trinajstić information content (AvgIpc) is 2.60. The molecule has 0 radical (unpaired) electrons. The van der Waals surface area contributed by atoms with Gasteiger partial charge in [-0.25, -0.2) is 9.88 Å². The zero-order valence-corrected chi connectivity index (χ0v) is 8.63. The first-order valence-electron chi connectivity index (χ1n) is 3.36. The fourth-order valence-corrected chi connectivity index (χ4v) is 2.13. The minimum Gasteiger partial charge on any atom is -0.269 e. The Hall–Kier alpha value is -1.01. The highest BCUT2D eigenvalue weighted by Crippen LogP contribution is 2.28. The maximum Gasteiger partial charge on any atom is 0.260 e. The van der Waals surface area contributed by atoms with Gasteiger partial charge >= 0.3 is 0 Å². The summed E-state index contributed by atoms with van der Waals surface area (Å²) >= 11 is 4.45. The van der Waals surface area contributed by atoms with Gasteiger partial charge in [-0.05, 0) is 15.9 Å². The fraction of sp³-hybridized carbons (Fsp3) is 0. The molecule has 0 unspecified atom stereocenters. The van der Waals surface area contributed by atoms with Crippen molar-refractivity contribution in [1.82, 2.24) is 4.98 Å². The van der Waals surface area contributed by atoms with E-state index in [0.717, 1.165) is 8.69 Å². The summed E-state index contributed by atoms with van der Waals surface area (Å²) in [5.74, 6) is -0.682. The summed E-state index contributed by atoms with van der Waals surface area (Å²) in [7, 11) is 0. The summed E-state index contributed by atoms with van der Waals surface area (Å²) in [6, 6.07) is 0. The van der Waals surface area contributed by atoms with E-state index in [-0.39, 0.29) is 11.8 Å². The SMILES string of the molecule is O=C1C=CC(=O)N1c1ncc(Br)s1. The molecule has 0 bridgehead atoms. The van der Waals surface area contributed by atoms with Crippen LogP contribution in [0.5, 0.6) is 0 Å². The number of rotatable bonds is 1. The number of imide groups is 1. The van der Waals surface area contributed by atoms with E-state index in [2.05, 4.69) is 20.9 Å². The lowest BCUT2D eigenvalue weighted by Gasteiger charge is -2.07. The molecule has 1 aromatic rings. The third kappa shape index (κ3) is 1.42. The highest BCUT2D eigenvalue weighted by Gasteiger charge is 2.27. The number of amides is 2. The molecule has 0 atom stereocenters. The van der Waals surface area contributed by atoms with Crippen molar-refractivity contribution >= 4 is 44.2 Å². The van der Waals surface area contributed by atoms with Gasteiger partial charge in [0.15, 0.2) is 0 Å². The maximum absolute atomic E-state index is 11.2. The van der Waals surface area contributed by atoms with E-state index in [4.69, 9.17) is 0 Å². The molecular formula is C7H3BrN2O2S. The van der Waals surface area contributed by atoms with Crippen molar-refractivity contribution in [2.75, 3.05) is 4.90 Å². The molecule has 13 heavy (non-hydrogen) atoms. The van der Waals surface area contributed by atoms with Gasteiger partial charge in [0.05, 0.1) is 9.98 Å². The molecule has 1 aliphatic rings. The quantitative estimate of drug-likeness (QED) is 0.715. The van der Waals surface area contributed by atoms with Crippen molar-refractivity contribution < 1.29 is 9.59 Å². The molecule has 1 aliphatic heterocycles. The first kappa shape index (κ1) is 8.58. The Morgan fingerprint density at radius 3 is 2.38 bits per heavy atom. The topological polar surface area (TPSA) is 50.3 Å². The van der Waals surface area contributed by atoms with E-state index in [0.29, 0.717) is 5.13 Å². The van der Waals surface area contributed by atoms with Crippen molar-refractivity contribution in [3.05, 3.63) is 22.1 Å². The van der Waals surface area contributed by atoms with Crippen LogP contribution in [-0.4, -0.2) is 16.8 Å². The van der Waals surface area contributed by atoms with E-state index in [9.17, 15) is 9.59 Å². The van der Waals surface area contributed by atoms with Gasteiger partial charge in [-0.1, -0.05) is 11.3 Å². The molecule has 66 valence electrons. The van der Waals surface area contributed by atoms with Crippen LogP contribution in [0, 0.1) is 0 Å². The van der Waals surface area contributed by atoms with E-state index in [1.807, 2.05) is 0 Å². The van der Waals surface area contributed by atoms with Gasteiger partial charge in [0.1, 0.15) is 0 Å².